The summed E-state index contributed by atoms with van der Waals surface area (Å²) >= 11 is 0. The Labute approximate surface area is 155 Å². The van der Waals surface area contributed by atoms with Crippen molar-refractivity contribution in [2.75, 3.05) is 26.4 Å². The van der Waals surface area contributed by atoms with Crippen LogP contribution in [0, 0.1) is 0 Å². The van der Waals surface area contributed by atoms with Gasteiger partial charge in [-0.3, -0.25) is 4.79 Å². The molecule has 0 radical (unpaired) electrons. The fourth-order valence-corrected chi connectivity index (χ4v) is 3.57. The van der Waals surface area contributed by atoms with E-state index in [1.807, 2.05) is 13.8 Å². The number of benzene rings is 1. The van der Waals surface area contributed by atoms with Crippen LogP contribution in [-0.4, -0.2) is 44.2 Å². The van der Waals surface area contributed by atoms with Crippen molar-refractivity contribution in [3.05, 3.63) is 23.8 Å². The van der Waals surface area contributed by atoms with E-state index in [9.17, 15) is 4.79 Å². The highest BCUT2D eigenvalue weighted by Crippen LogP contribution is 2.37. The molecule has 144 valence electrons. The van der Waals surface area contributed by atoms with Crippen molar-refractivity contribution in [3.8, 4) is 11.5 Å². The third kappa shape index (κ3) is 4.48. The largest absolute Gasteiger partial charge is 0.490 e. The highest BCUT2D eigenvalue weighted by atomic mass is 16.7. The molecule has 1 saturated heterocycles. The van der Waals surface area contributed by atoms with Gasteiger partial charge in [-0.1, -0.05) is 6.42 Å². The van der Waals surface area contributed by atoms with Crippen LogP contribution < -0.4 is 14.8 Å². The summed E-state index contributed by atoms with van der Waals surface area (Å²) < 4.78 is 23.1. The minimum Gasteiger partial charge on any atom is -0.490 e. The fourth-order valence-electron chi connectivity index (χ4n) is 3.57. The summed E-state index contributed by atoms with van der Waals surface area (Å²) in [6, 6.07) is 5.24. The molecule has 1 aliphatic carbocycles. The SMILES string of the molecule is CCOc1ccc(C(=O)NCC2COC3(CCCCC3)O2)cc1OCC. The van der Waals surface area contributed by atoms with E-state index >= 15 is 0 Å². The molecule has 1 aromatic carbocycles. The summed E-state index contributed by atoms with van der Waals surface area (Å²) in [5, 5.41) is 2.94. The van der Waals surface area contributed by atoms with E-state index in [0.29, 0.717) is 43.4 Å². The van der Waals surface area contributed by atoms with Crippen LogP contribution in [-0.2, 0) is 9.47 Å². The Balaban J connectivity index is 1.55. The van der Waals surface area contributed by atoms with Crippen LogP contribution in [0.1, 0.15) is 56.3 Å². The molecule has 1 heterocycles. The number of ether oxygens (including phenoxy) is 4. The number of carbonyl (C=O) groups is 1. The lowest BCUT2D eigenvalue weighted by atomic mass is 9.94. The van der Waals surface area contributed by atoms with Gasteiger partial charge in [-0.25, -0.2) is 0 Å². The van der Waals surface area contributed by atoms with Crippen molar-refractivity contribution in [1.82, 2.24) is 5.32 Å². The van der Waals surface area contributed by atoms with Crippen molar-refractivity contribution in [2.24, 2.45) is 0 Å². The number of rotatable bonds is 7. The summed E-state index contributed by atoms with van der Waals surface area (Å²) in [6.45, 7) is 5.86. The molecule has 6 nitrogen and oxygen atoms in total. The summed E-state index contributed by atoms with van der Waals surface area (Å²) in [5.74, 6) is 0.679. The predicted molar refractivity (Wildman–Crippen MR) is 97.8 cm³/mol. The molecule has 3 rings (SSSR count). The van der Waals surface area contributed by atoms with E-state index < -0.39 is 5.79 Å². The van der Waals surface area contributed by atoms with Crippen LogP contribution in [0.3, 0.4) is 0 Å². The van der Waals surface area contributed by atoms with Gasteiger partial charge < -0.3 is 24.3 Å². The minimum absolute atomic E-state index is 0.0916. The van der Waals surface area contributed by atoms with Gasteiger partial charge in [0, 0.05) is 24.9 Å². The maximum atomic E-state index is 12.5. The molecular weight excluding hydrogens is 334 g/mol. The van der Waals surface area contributed by atoms with Gasteiger partial charge in [0.05, 0.1) is 19.8 Å². The highest BCUT2D eigenvalue weighted by Gasteiger charge is 2.42. The highest BCUT2D eigenvalue weighted by molar-refractivity contribution is 5.94. The molecule has 1 aromatic rings. The van der Waals surface area contributed by atoms with Crippen LogP contribution >= 0.6 is 0 Å². The van der Waals surface area contributed by atoms with E-state index in [0.717, 1.165) is 25.7 Å². The van der Waals surface area contributed by atoms with Gasteiger partial charge in [-0.15, -0.1) is 0 Å². The Kier molecular flexibility index (Phi) is 6.38. The molecule has 2 fully saturated rings. The second kappa shape index (κ2) is 8.73. The van der Waals surface area contributed by atoms with E-state index in [1.165, 1.54) is 6.42 Å². The molecule has 1 saturated carbocycles. The fraction of sp³-hybridized carbons (Fsp3) is 0.650. The van der Waals surface area contributed by atoms with E-state index in [-0.39, 0.29) is 12.0 Å². The Bertz CT molecular complexity index is 612. The maximum Gasteiger partial charge on any atom is 0.251 e. The van der Waals surface area contributed by atoms with Crippen LogP contribution in [0.5, 0.6) is 11.5 Å². The minimum atomic E-state index is -0.408. The Morgan fingerprint density at radius 2 is 1.88 bits per heavy atom. The number of carbonyl (C=O) groups excluding carboxylic acids is 1. The van der Waals surface area contributed by atoms with Gasteiger partial charge in [-0.05, 0) is 44.9 Å². The van der Waals surface area contributed by atoms with Crippen LogP contribution in [0.15, 0.2) is 18.2 Å². The number of hydrogen-bond donors (Lipinski definition) is 1. The molecule has 6 heteroatoms. The third-order valence-corrected chi connectivity index (χ3v) is 4.82. The first kappa shape index (κ1) is 19.0. The third-order valence-electron chi connectivity index (χ3n) is 4.82. The number of hydrogen-bond acceptors (Lipinski definition) is 5. The molecule has 1 unspecified atom stereocenters. The smallest absolute Gasteiger partial charge is 0.251 e. The molecule has 0 aromatic heterocycles. The van der Waals surface area contributed by atoms with Gasteiger partial charge in [0.15, 0.2) is 17.3 Å². The molecule has 1 atom stereocenters. The van der Waals surface area contributed by atoms with Gasteiger partial charge in [-0.2, -0.15) is 0 Å². The summed E-state index contributed by atoms with van der Waals surface area (Å²) in [7, 11) is 0. The Morgan fingerprint density at radius 1 is 1.15 bits per heavy atom. The lowest BCUT2D eigenvalue weighted by molar-refractivity contribution is -0.186. The predicted octanol–water partition coefficient (Wildman–Crippen LogP) is 3.29. The van der Waals surface area contributed by atoms with Crippen LogP contribution in [0.4, 0.5) is 0 Å². The van der Waals surface area contributed by atoms with E-state index in [4.69, 9.17) is 18.9 Å². The Hall–Kier alpha value is -1.79. The molecule has 2 aliphatic rings. The normalized spacial score (nSPS) is 21.5. The van der Waals surface area contributed by atoms with Crippen molar-refractivity contribution in [3.63, 3.8) is 0 Å². The van der Waals surface area contributed by atoms with Gasteiger partial charge in [0.2, 0.25) is 0 Å². The molecule has 26 heavy (non-hydrogen) atoms. The zero-order chi connectivity index (χ0) is 18.4. The average Bonchev–Trinajstić information content (AvgIpc) is 3.04. The van der Waals surface area contributed by atoms with Gasteiger partial charge >= 0.3 is 0 Å². The summed E-state index contributed by atoms with van der Waals surface area (Å²) in [4.78, 5) is 12.5. The summed E-state index contributed by atoms with van der Waals surface area (Å²) in [5.41, 5.74) is 0.545. The van der Waals surface area contributed by atoms with Gasteiger partial charge in [0.1, 0.15) is 6.10 Å². The monoisotopic (exact) mass is 363 g/mol. The molecule has 1 aliphatic heterocycles. The first-order valence-electron chi connectivity index (χ1n) is 9.65. The lowest BCUT2D eigenvalue weighted by Crippen LogP contribution is -2.37. The topological polar surface area (TPSA) is 66.0 Å². The first-order chi connectivity index (χ1) is 12.7. The van der Waals surface area contributed by atoms with Gasteiger partial charge in [0.25, 0.3) is 5.91 Å². The quantitative estimate of drug-likeness (QED) is 0.805. The zero-order valence-corrected chi connectivity index (χ0v) is 15.7. The first-order valence-corrected chi connectivity index (χ1v) is 9.65. The molecule has 1 N–H and O–H groups in total. The molecule has 1 amide bonds. The van der Waals surface area contributed by atoms with E-state index in [1.54, 1.807) is 18.2 Å². The van der Waals surface area contributed by atoms with Crippen LogP contribution in [0.25, 0.3) is 0 Å². The lowest BCUT2D eigenvalue weighted by Gasteiger charge is -2.31. The number of amides is 1. The second-order valence-electron chi connectivity index (χ2n) is 6.76. The van der Waals surface area contributed by atoms with Crippen molar-refractivity contribution >= 4 is 5.91 Å². The molecular formula is C20H29NO5. The van der Waals surface area contributed by atoms with Crippen molar-refractivity contribution in [2.45, 2.75) is 57.8 Å². The van der Waals surface area contributed by atoms with E-state index in [2.05, 4.69) is 5.32 Å². The zero-order valence-electron chi connectivity index (χ0n) is 15.7. The van der Waals surface area contributed by atoms with Crippen molar-refractivity contribution < 1.29 is 23.7 Å². The maximum absolute atomic E-state index is 12.5. The molecule has 0 bridgehead atoms. The standard InChI is InChI=1S/C20H29NO5/c1-3-23-17-9-8-15(12-18(17)24-4-2)19(22)21-13-16-14-25-20(26-16)10-6-5-7-11-20/h8-9,12,16H,3-7,10-11,13-14H2,1-2H3,(H,21,22). The van der Waals surface area contributed by atoms with Crippen molar-refractivity contribution in [1.29, 1.82) is 0 Å². The summed E-state index contributed by atoms with van der Waals surface area (Å²) in [6.07, 6.45) is 5.35. The Morgan fingerprint density at radius 3 is 2.62 bits per heavy atom. The molecule has 1 spiro atoms. The second-order valence-corrected chi connectivity index (χ2v) is 6.76. The average molecular weight is 363 g/mol. The number of nitrogens with one attached hydrogen (secondary N) is 1. The van der Waals surface area contributed by atoms with Crippen LogP contribution in [0.2, 0.25) is 0 Å².